The Bertz CT molecular complexity index is 312. The lowest BCUT2D eigenvalue weighted by molar-refractivity contribution is 0.101. The molecule has 1 aromatic rings. The molecule has 0 amide bonds. The Labute approximate surface area is 89.6 Å². The van der Waals surface area contributed by atoms with Crippen molar-refractivity contribution in [3.8, 4) is 5.75 Å². The van der Waals surface area contributed by atoms with Gasteiger partial charge in [-0.05, 0) is 25.1 Å². The molecular formula is C8H6ClIO2. The first kappa shape index (κ1) is 9.80. The Balaban J connectivity index is 3.10. The van der Waals surface area contributed by atoms with Crippen LogP contribution in [0, 0.1) is 0 Å². The molecule has 4 heteroatoms. The molecule has 0 N–H and O–H groups in total. The van der Waals surface area contributed by atoms with Crippen molar-refractivity contribution < 1.29 is 7.86 Å². The lowest BCUT2D eigenvalue weighted by Crippen LogP contribution is -1.91. The fourth-order valence-corrected chi connectivity index (χ4v) is 1.52. The molecule has 0 spiro atoms. The van der Waals surface area contributed by atoms with E-state index in [4.69, 9.17) is 14.7 Å². The SMILES string of the molecule is CC(=O)c1ccc(OI)c(Cl)c1. The number of benzene rings is 1. The van der Waals surface area contributed by atoms with Crippen LogP contribution in [0.15, 0.2) is 18.2 Å². The molecule has 0 aliphatic heterocycles. The first-order valence-corrected chi connectivity index (χ1v) is 4.50. The first-order valence-electron chi connectivity index (χ1n) is 3.24. The van der Waals surface area contributed by atoms with E-state index in [1.807, 2.05) is 0 Å². The van der Waals surface area contributed by atoms with Gasteiger partial charge in [0.05, 0.1) is 5.02 Å². The molecule has 0 unspecified atom stereocenters. The van der Waals surface area contributed by atoms with Crippen molar-refractivity contribution in [2.75, 3.05) is 0 Å². The van der Waals surface area contributed by atoms with Crippen LogP contribution in [-0.2, 0) is 0 Å². The molecule has 0 bridgehead atoms. The fourth-order valence-electron chi connectivity index (χ4n) is 0.782. The molecule has 1 aromatic carbocycles. The Morgan fingerprint density at radius 3 is 2.67 bits per heavy atom. The molecule has 1 rings (SSSR count). The first-order chi connectivity index (χ1) is 5.65. The molecule has 0 heterocycles. The van der Waals surface area contributed by atoms with Crippen molar-refractivity contribution in [3.63, 3.8) is 0 Å². The second-order valence-electron chi connectivity index (χ2n) is 2.28. The Hall–Kier alpha value is -0.290. The van der Waals surface area contributed by atoms with Crippen molar-refractivity contribution in [3.05, 3.63) is 28.8 Å². The zero-order valence-corrected chi connectivity index (χ0v) is 9.22. The summed E-state index contributed by atoms with van der Waals surface area (Å²) in [5.41, 5.74) is 0.595. The van der Waals surface area contributed by atoms with Crippen molar-refractivity contribution in [1.29, 1.82) is 0 Å². The Kier molecular flexibility index (Phi) is 3.34. The Morgan fingerprint density at radius 2 is 2.25 bits per heavy atom. The van der Waals surface area contributed by atoms with Gasteiger partial charge in [0.1, 0.15) is 0 Å². The van der Waals surface area contributed by atoms with E-state index in [-0.39, 0.29) is 5.78 Å². The van der Waals surface area contributed by atoms with E-state index in [0.717, 1.165) is 0 Å². The topological polar surface area (TPSA) is 26.3 Å². The van der Waals surface area contributed by atoms with Crippen LogP contribution in [0.1, 0.15) is 17.3 Å². The van der Waals surface area contributed by atoms with Gasteiger partial charge in [0.2, 0.25) is 0 Å². The van der Waals surface area contributed by atoms with Crippen LogP contribution in [0.25, 0.3) is 0 Å². The van der Waals surface area contributed by atoms with Crippen LogP contribution >= 0.6 is 34.6 Å². The normalized spacial score (nSPS) is 9.58. The molecular weight excluding hydrogens is 290 g/mol. The van der Waals surface area contributed by atoms with E-state index in [1.54, 1.807) is 41.2 Å². The molecule has 64 valence electrons. The average Bonchev–Trinajstić information content (AvgIpc) is 2.04. The highest BCUT2D eigenvalue weighted by Gasteiger charge is 2.04. The van der Waals surface area contributed by atoms with Crippen LogP contribution in [-0.4, -0.2) is 5.78 Å². The molecule has 0 atom stereocenters. The number of hydrogen-bond acceptors (Lipinski definition) is 2. The van der Waals surface area contributed by atoms with Gasteiger partial charge in [-0.3, -0.25) is 4.79 Å². The zero-order chi connectivity index (χ0) is 9.14. The van der Waals surface area contributed by atoms with Crippen LogP contribution in [0.2, 0.25) is 5.02 Å². The van der Waals surface area contributed by atoms with Gasteiger partial charge in [0.15, 0.2) is 34.5 Å². The Morgan fingerprint density at radius 1 is 1.58 bits per heavy atom. The third-order valence-electron chi connectivity index (χ3n) is 1.42. The molecule has 0 saturated heterocycles. The average molecular weight is 296 g/mol. The molecule has 0 fully saturated rings. The standard InChI is InChI=1S/C8H6ClIO2/c1-5(11)6-2-3-8(12-10)7(9)4-6/h2-4H,1H3. The summed E-state index contributed by atoms with van der Waals surface area (Å²) < 4.78 is 4.91. The summed E-state index contributed by atoms with van der Waals surface area (Å²) in [5.74, 6) is 0.569. The van der Waals surface area contributed by atoms with Crippen molar-refractivity contribution >= 4 is 40.4 Å². The van der Waals surface area contributed by atoms with E-state index < -0.39 is 0 Å². The smallest absolute Gasteiger partial charge is 0.192 e. The summed E-state index contributed by atoms with van der Waals surface area (Å²) in [5, 5.41) is 0.456. The van der Waals surface area contributed by atoms with E-state index in [9.17, 15) is 4.79 Å². The van der Waals surface area contributed by atoms with Crippen LogP contribution < -0.4 is 3.07 Å². The van der Waals surface area contributed by atoms with Crippen LogP contribution in [0.4, 0.5) is 0 Å². The summed E-state index contributed by atoms with van der Waals surface area (Å²) in [6, 6.07) is 4.95. The summed E-state index contributed by atoms with van der Waals surface area (Å²) in [6.07, 6.45) is 0. The number of carbonyl (C=O) groups is 1. The van der Waals surface area contributed by atoms with E-state index >= 15 is 0 Å². The third-order valence-corrected chi connectivity index (χ3v) is 2.19. The number of halogens is 2. The minimum Gasteiger partial charge on any atom is -0.426 e. The third kappa shape index (κ3) is 2.10. The highest BCUT2D eigenvalue weighted by Crippen LogP contribution is 2.26. The summed E-state index contributed by atoms with van der Waals surface area (Å²) >= 11 is 7.53. The molecule has 0 aromatic heterocycles. The fraction of sp³-hybridized carbons (Fsp3) is 0.125. The highest BCUT2D eigenvalue weighted by atomic mass is 127. The predicted octanol–water partition coefficient (Wildman–Crippen LogP) is 3.27. The number of hydrogen-bond donors (Lipinski definition) is 0. The maximum absolute atomic E-state index is 10.9. The van der Waals surface area contributed by atoms with Crippen molar-refractivity contribution in [1.82, 2.24) is 0 Å². The highest BCUT2D eigenvalue weighted by molar-refractivity contribution is 14.1. The monoisotopic (exact) mass is 296 g/mol. The quantitative estimate of drug-likeness (QED) is 0.618. The summed E-state index contributed by atoms with van der Waals surface area (Å²) in [6.45, 7) is 1.50. The molecule has 0 aliphatic rings. The van der Waals surface area contributed by atoms with Gasteiger partial charge in [0, 0.05) is 5.56 Å². The zero-order valence-electron chi connectivity index (χ0n) is 6.30. The van der Waals surface area contributed by atoms with E-state index in [2.05, 4.69) is 0 Å². The molecule has 2 nitrogen and oxygen atoms in total. The van der Waals surface area contributed by atoms with Crippen LogP contribution in [0.3, 0.4) is 0 Å². The van der Waals surface area contributed by atoms with Crippen LogP contribution in [0.5, 0.6) is 5.75 Å². The maximum Gasteiger partial charge on any atom is 0.192 e. The maximum atomic E-state index is 10.9. The minimum atomic E-state index is -0.00286. The summed E-state index contributed by atoms with van der Waals surface area (Å²) in [4.78, 5) is 10.9. The summed E-state index contributed by atoms with van der Waals surface area (Å²) in [7, 11) is 0. The van der Waals surface area contributed by atoms with E-state index in [1.165, 1.54) is 6.92 Å². The van der Waals surface area contributed by atoms with Crippen molar-refractivity contribution in [2.24, 2.45) is 0 Å². The van der Waals surface area contributed by atoms with Gasteiger partial charge >= 0.3 is 0 Å². The second-order valence-corrected chi connectivity index (χ2v) is 3.13. The van der Waals surface area contributed by atoms with Gasteiger partial charge in [-0.2, -0.15) is 0 Å². The van der Waals surface area contributed by atoms with Gasteiger partial charge in [0.25, 0.3) is 0 Å². The van der Waals surface area contributed by atoms with E-state index in [0.29, 0.717) is 16.3 Å². The van der Waals surface area contributed by atoms with Gasteiger partial charge in [-0.25, -0.2) is 0 Å². The number of rotatable bonds is 2. The lowest BCUT2D eigenvalue weighted by atomic mass is 10.1. The number of carbonyl (C=O) groups excluding carboxylic acids is 1. The van der Waals surface area contributed by atoms with Gasteiger partial charge in [-0.1, -0.05) is 11.6 Å². The molecule has 12 heavy (non-hydrogen) atoms. The number of Topliss-reactive ketones (excluding diaryl/α,β-unsaturated/α-hetero) is 1. The number of ketones is 1. The molecule has 0 radical (unpaired) electrons. The minimum absolute atomic E-state index is 0.00286. The van der Waals surface area contributed by atoms with Crippen molar-refractivity contribution in [2.45, 2.75) is 6.92 Å². The van der Waals surface area contributed by atoms with Gasteiger partial charge < -0.3 is 3.07 Å². The second kappa shape index (κ2) is 4.09. The molecule has 0 saturated carbocycles. The predicted molar refractivity (Wildman–Crippen MR) is 56.1 cm³/mol. The molecule has 0 aliphatic carbocycles. The largest absolute Gasteiger partial charge is 0.426 e. The van der Waals surface area contributed by atoms with Gasteiger partial charge in [-0.15, -0.1) is 0 Å². The lowest BCUT2D eigenvalue weighted by Gasteiger charge is -2.01.